The van der Waals surface area contributed by atoms with E-state index in [4.69, 9.17) is 4.74 Å². The maximum absolute atomic E-state index is 12.1. The van der Waals surface area contributed by atoms with Crippen molar-refractivity contribution in [3.63, 3.8) is 0 Å². The molecule has 0 aliphatic rings. The number of carbonyl (C=O) groups excluding carboxylic acids is 2. The minimum absolute atomic E-state index is 0.00735. The molecule has 0 spiro atoms. The molecule has 0 saturated heterocycles. The minimum Gasteiger partial charge on any atom is -0.506 e. The van der Waals surface area contributed by atoms with Gasteiger partial charge in [-0.25, -0.2) is 4.79 Å². The van der Waals surface area contributed by atoms with Crippen molar-refractivity contribution in [2.75, 3.05) is 12.4 Å². The van der Waals surface area contributed by atoms with Gasteiger partial charge in [0.1, 0.15) is 22.9 Å². The van der Waals surface area contributed by atoms with Gasteiger partial charge in [-0.05, 0) is 48.4 Å². The predicted molar refractivity (Wildman–Crippen MR) is 113 cm³/mol. The molecular formula is C22H22N4O4. The Morgan fingerprint density at radius 3 is 2.53 bits per heavy atom. The molecule has 1 aromatic heterocycles. The lowest BCUT2D eigenvalue weighted by Gasteiger charge is -2.11. The number of phenolic OH excluding ortho intramolecular Hbond substituents is 1. The normalized spacial score (nSPS) is 10.2. The number of aromatic nitrogens is 1. The zero-order valence-electron chi connectivity index (χ0n) is 16.6. The molecule has 8 nitrogen and oxygen atoms in total. The molecule has 0 aliphatic heterocycles. The summed E-state index contributed by atoms with van der Waals surface area (Å²) < 4.78 is 5.75. The number of phenols is 1. The summed E-state index contributed by atoms with van der Waals surface area (Å²) in [5.41, 5.74) is 2.41. The highest BCUT2D eigenvalue weighted by Crippen LogP contribution is 2.24. The number of nitrogens with one attached hydrogen (secondary N) is 3. The fourth-order valence-corrected chi connectivity index (χ4v) is 2.64. The molecule has 3 rings (SSSR count). The van der Waals surface area contributed by atoms with E-state index in [0.29, 0.717) is 23.7 Å². The van der Waals surface area contributed by atoms with Crippen LogP contribution in [0, 0.1) is 6.92 Å². The summed E-state index contributed by atoms with van der Waals surface area (Å²) >= 11 is 0. The van der Waals surface area contributed by atoms with Gasteiger partial charge < -0.3 is 25.8 Å². The summed E-state index contributed by atoms with van der Waals surface area (Å²) in [5, 5.41) is 17.7. The Morgan fingerprint density at radius 2 is 1.80 bits per heavy atom. The van der Waals surface area contributed by atoms with E-state index in [1.807, 2.05) is 19.1 Å². The van der Waals surface area contributed by atoms with Crippen LogP contribution in [0.3, 0.4) is 0 Å². The first-order valence-electron chi connectivity index (χ1n) is 9.24. The SMILES string of the molecule is CNC(=O)c1cc(Oc2ccc(CNC(=O)Nc3cc(C)ccc3O)cc2)ccn1. The summed E-state index contributed by atoms with van der Waals surface area (Å²) in [6, 6.07) is 14.9. The van der Waals surface area contributed by atoms with Crippen LogP contribution in [0.25, 0.3) is 0 Å². The fourth-order valence-electron chi connectivity index (χ4n) is 2.64. The second-order valence-electron chi connectivity index (χ2n) is 6.53. The third-order valence-corrected chi connectivity index (χ3v) is 4.20. The van der Waals surface area contributed by atoms with E-state index in [-0.39, 0.29) is 17.4 Å². The van der Waals surface area contributed by atoms with Crippen molar-refractivity contribution in [2.24, 2.45) is 0 Å². The predicted octanol–water partition coefficient (Wildman–Crippen LogP) is 3.57. The van der Waals surface area contributed by atoms with Crippen LogP contribution in [0.5, 0.6) is 17.2 Å². The van der Waals surface area contributed by atoms with Crippen molar-refractivity contribution in [3.8, 4) is 17.2 Å². The van der Waals surface area contributed by atoms with Crippen LogP contribution in [0.4, 0.5) is 10.5 Å². The van der Waals surface area contributed by atoms with E-state index in [1.165, 1.54) is 19.3 Å². The molecule has 0 fully saturated rings. The van der Waals surface area contributed by atoms with Crippen molar-refractivity contribution < 1.29 is 19.4 Å². The van der Waals surface area contributed by atoms with Crippen LogP contribution >= 0.6 is 0 Å². The highest BCUT2D eigenvalue weighted by Gasteiger charge is 2.08. The lowest BCUT2D eigenvalue weighted by molar-refractivity contribution is 0.0958. The smallest absolute Gasteiger partial charge is 0.319 e. The molecule has 154 valence electrons. The molecule has 8 heteroatoms. The second-order valence-corrected chi connectivity index (χ2v) is 6.53. The van der Waals surface area contributed by atoms with Crippen LogP contribution in [-0.4, -0.2) is 29.1 Å². The Bertz CT molecular complexity index is 1050. The number of rotatable bonds is 6. The average molecular weight is 406 g/mol. The largest absolute Gasteiger partial charge is 0.506 e. The molecular weight excluding hydrogens is 384 g/mol. The van der Waals surface area contributed by atoms with Gasteiger partial charge in [0.05, 0.1) is 5.69 Å². The lowest BCUT2D eigenvalue weighted by Crippen LogP contribution is -2.28. The van der Waals surface area contributed by atoms with Crippen LogP contribution in [-0.2, 0) is 6.54 Å². The standard InChI is InChI=1S/C22H22N4O4/c1-14-3-8-20(27)18(11-14)26-22(29)25-13-15-4-6-16(7-5-15)30-17-9-10-24-19(12-17)21(28)23-2/h3-12,27H,13H2,1-2H3,(H,23,28)(H2,25,26,29). The van der Waals surface area contributed by atoms with E-state index < -0.39 is 6.03 Å². The second kappa shape index (κ2) is 9.42. The maximum Gasteiger partial charge on any atom is 0.319 e. The zero-order chi connectivity index (χ0) is 21.5. The number of carbonyl (C=O) groups is 2. The van der Waals surface area contributed by atoms with E-state index >= 15 is 0 Å². The number of aryl methyl sites for hydroxylation is 1. The van der Waals surface area contributed by atoms with Gasteiger partial charge in [0.2, 0.25) is 0 Å². The Morgan fingerprint density at radius 1 is 1.03 bits per heavy atom. The summed E-state index contributed by atoms with van der Waals surface area (Å²) in [4.78, 5) is 27.7. The molecule has 0 aliphatic carbocycles. The number of pyridine rings is 1. The van der Waals surface area contributed by atoms with E-state index in [0.717, 1.165) is 11.1 Å². The van der Waals surface area contributed by atoms with Crippen molar-refractivity contribution in [3.05, 3.63) is 77.6 Å². The average Bonchev–Trinajstić information content (AvgIpc) is 2.75. The Balaban J connectivity index is 1.55. The third kappa shape index (κ3) is 5.48. The first-order valence-corrected chi connectivity index (χ1v) is 9.24. The summed E-state index contributed by atoms with van der Waals surface area (Å²) in [7, 11) is 1.54. The van der Waals surface area contributed by atoms with Gasteiger partial charge >= 0.3 is 6.03 Å². The molecule has 0 bridgehead atoms. The molecule has 0 radical (unpaired) electrons. The molecule has 0 atom stereocenters. The summed E-state index contributed by atoms with van der Waals surface area (Å²) in [5.74, 6) is 0.792. The molecule has 1 heterocycles. The van der Waals surface area contributed by atoms with E-state index in [9.17, 15) is 14.7 Å². The Kier molecular flexibility index (Phi) is 6.49. The molecule has 3 amide bonds. The molecule has 30 heavy (non-hydrogen) atoms. The Hall–Kier alpha value is -4.07. The number of hydrogen-bond acceptors (Lipinski definition) is 5. The first kappa shape index (κ1) is 20.7. The monoisotopic (exact) mass is 406 g/mol. The number of urea groups is 1. The van der Waals surface area contributed by atoms with Crippen molar-refractivity contribution in [1.82, 2.24) is 15.6 Å². The summed E-state index contributed by atoms with van der Waals surface area (Å²) in [6.07, 6.45) is 1.50. The van der Waals surface area contributed by atoms with Crippen molar-refractivity contribution in [1.29, 1.82) is 0 Å². The molecule has 4 N–H and O–H groups in total. The fraction of sp³-hybridized carbons (Fsp3) is 0.136. The summed E-state index contributed by atoms with van der Waals surface area (Å²) in [6.45, 7) is 2.17. The van der Waals surface area contributed by atoms with Gasteiger partial charge in [0.25, 0.3) is 5.91 Å². The van der Waals surface area contributed by atoms with Crippen molar-refractivity contribution in [2.45, 2.75) is 13.5 Å². The molecule has 0 saturated carbocycles. The highest BCUT2D eigenvalue weighted by atomic mass is 16.5. The van der Waals surface area contributed by atoms with Gasteiger partial charge in [0, 0.05) is 25.9 Å². The van der Waals surface area contributed by atoms with Gasteiger partial charge in [-0.15, -0.1) is 0 Å². The topological polar surface area (TPSA) is 113 Å². The van der Waals surface area contributed by atoms with Crippen LogP contribution in [0.1, 0.15) is 21.6 Å². The van der Waals surface area contributed by atoms with E-state index in [2.05, 4.69) is 20.9 Å². The minimum atomic E-state index is -0.422. The lowest BCUT2D eigenvalue weighted by atomic mass is 10.2. The van der Waals surface area contributed by atoms with E-state index in [1.54, 1.807) is 36.4 Å². The number of anilines is 1. The molecule has 2 aromatic carbocycles. The maximum atomic E-state index is 12.1. The number of nitrogens with zero attached hydrogens (tertiary/aromatic N) is 1. The number of amides is 3. The number of benzene rings is 2. The van der Waals surface area contributed by atoms with Crippen LogP contribution in [0.2, 0.25) is 0 Å². The van der Waals surface area contributed by atoms with Crippen LogP contribution < -0.4 is 20.7 Å². The van der Waals surface area contributed by atoms with Gasteiger partial charge in [-0.2, -0.15) is 0 Å². The third-order valence-electron chi connectivity index (χ3n) is 4.20. The number of hydrogen-bond donors (Lipinski definition) is 4. The van der Waals surface area contributed by atoms with Gasteiger partial charge in [-0.3, -0.25) is 9.78 Å². The first-order chi connectivity index (χ1) is 14.4. The van der Waals surface area contributed by atoms with Crippen LogP contribution in [0.15, 0.2) is 60.8 Å². The molecule has 0 unspecified atom stereocenters. The highest BCUT2D eigenvalue weighted by molar-refractivity contribution is 5.92. The van der Waals surface area contributed by atoms with Gasteiger partial charge in [-0.1, -0.05) is 18.2 Å². The van der Waals surface area contributed by atoms with Gasteiger partial charge in [0.15, 0.2) is 0 Å². The Labute approximate surface area is 173 Å². The molecule has 3 aromatic rings. The van der Waals surface area contributed by atoms with Crippen molar-refractivity contribution >= 4 is 17.6 Å². The zero-order valence-corrected chi connectivity index (χ0v) is 16.6. The number of aromatic hydroxyl groups is 1. The number of ether oxygens (including phenoxy) is 1. The quantitative estimate of drug-likeness (QED) is 0.468.